The average molecular weight is 601 g/mol. The lowest BCUT2D eigenvalue weighted by molar-refractivity contribution is 0.101. The van der Waals surface area contributed by atoms with Crippen LogP contribution < -0.4 is 10.0 Å². The topological polar surface area (TPSA) is 107 Å². The number of amides is 1. The lowest BCUT2D eigenvalue weighted by Crippen LogP contribution is -2.52. The van der Waals surface area contributed by atoms with Gasteiger partial charge in [-0.3, -0.25) is 14.8 Å². The molecule has 0 aliphatic heterocycles. The third kappa shape index (κ3) is 6.87. The van der Waals surface area contributed by atoms with E-state index >= 15 is 4.39 Å². The van der Waals surface area contributed by atoms with E-state index in [1.807, 2.05) is 39.0 Å². The van der Waals surface area contributed by atoms with Crippen molar-refractivity contribution in [1.82, 2.24) is 19.5 Å². The number of nitrogens with zero attached hydrogens (tertiary/aromatic N) is 4. The number of benzene rings is 2. The van der Waals surface area contributed by atoms with Gasteiger partial charge in [0.05, 0.1) is 22.8 Å². The van der Waals surface area contributed by atoms with Crippen molar-refractivity contribution in [3.8, 4) is 5.69 Å². The van der Waals surface area contributed by atoms with Crippen molar-refractivity contribution >= 4 is 35.4 Å². The molecule has 2 heterocycles. The van der Waals surface area contributed by atoms with E-state index in [1.165, 1.54) is 10.7 Å². The first-order valence-electron chi connectivity index (χ1n) is 14.4. The number of rotatable bonds is 11. The molecule has 10 heteroatoms. The first kappa shape index (κ1) is 30.6. The lowest BCUT2D eigenvalue weighted by Gasteiger charge is -2.38. The summed E-state index contributed by atoms with van der Waals surface area (Å²) in [5, 5.41) is 7.26. The fourth-order valence-corrected chi connectivity index (χ4v) is 5.99. The Labute approximate surface area is 255 Å². The number of nitrogens with one attached hydrogen (secondary N) is 2. The fraction of sp³-hybridized carbons (Fsp3) is 0.333. The van der Waals surface area contributed by atoms with E-state index in [-0.39, 0.29) is 11.4 Å². The first-order chi connectivity index (χ1) is 20.5. The maximum Gasteiger partial charge on any atom is 0.274 e. The van der Waals surface area contributed by atoms with Crippen molar-refractivity contribution in [2.24, 2.45) is 10.9 Å². The largest absolute Gasteiger partial charge is 0.598 e. The van der Waals surface area contributed by atoms with Gasteiger partial charge in [0.2, 0.25) is 0 Å². The van der Waals surface area contributed by atoms with Gasteiger partial charge in [0.1, 0.15) is 21.8 Å². The highest BCUT2D eigenvalue weighted by Gasteiger charge is 2.43. The molecule has 0 radical (unpaired) electrons. The van der Waals surface area contributed by atoms with E-state index in [0.29, 0.717) is 35.0 Å². The van der Waals surface area contributed by atoms with Crippen LogP contribution >= 0.6 is 0 Å². The number of aryl methyl sites for hydroxylation is 1. The molecule has 2 N–H and O–H groups in total. The second kappa shape index (κ2) is 12.4. The monoisotopic (exact) mass is 600 g/mol. The summed E-state index contributed by atoms with van der Waals surface area (Å²) in [6.45, 7) is 11.1. The predicted octanol–water partition coefficient (Wildman–Crippen LogP) is 6.78. The molecule has 43 heavy (non-hydrogen) atoms. The van der Waals surface area contributed by atoms with Gasteiger partial charge in [-0.15, -0.1) is 4.72 Å². The van der Waals surface area contributed by atoms with Crippen LogP contribution in [0.15, 0.2) is 78.0 Å². The third-order valence-electron chi connectivity index (χ3n) is 7.63. The van der Waals surface area contributed by atoms with Crippen LogP contribution in [0.4, 0.5) is 15.8 Å². The smallest absolute Gasteiger partial charge is 0.274 e. The molecule has 1 aliphatic rings. The lowest BCUT2D eigenvalue weighted by atomic mass is 9.80. The SMILES string of the molecule is C=Nc1cccc(-n2nc(C)cc2C(=O)Nc2cc(C(CCC3CC3)(N[S@+]([O-])C(C)(C)C)c3cccnc3)ccc2F)c1. The Morgan fingerprint density at radius 3 is 2.60 bits per heavy atom. The van der Waals surface area contributed by atoms with Crippen molar-refractivity contribution in [2.45, 2.75) is 63.7 Å². The molecular formula is C33H37FN6O2S. The summed E-state index contributed by atoms with van der Waals surface area (Å²) in [6.07, 6.45) is 7.31. The molecule has 224 valence electrons. The minimum absolute atomic E-state index is 0.0115. The molecule has 2 atom stereocenters. The van der Waals surface area contributed by atoms with Gasteiger partial charge >= 0.3 is 0 Å². The van der Waals surface area contributed by atoms with Crippen molar-refractivity contribution in [1.29, 1.82) is 0 Å². The van der Waals surface area contributed by atoms with Crippen LogP contribution in [0.1, 0.15) is 73.8 Å². The van der Waals surface area contributed by atoms with Crippen molar-refractivity contribution in [3.05, 3.63) is 101 Å². The number of halogens is 1. The number of hydrogen-bond acceptors (Lipinski definition) is 6. The van der Waals surface area contributed by atoms with Gasteiger partial charge in [0.25, 0.3) is 5.91 Å². The first-order valence-corrected chi connectivity index (χ1v) is 15.5. The minimum atomic E-state index is -1.46. The summed E-state index contributed by atoms with van der Waals surface area (Å²) in [4.78, 5) is 22.0. The molecule has 1 fully saturated rings. The molecular weight excluding hydrogens is 563 g/mol. The zero-order valence-corrected chi connectivity index (χ0v) is 25.7. The van der Waals surface area contributed by atoms with Crippen LogP contribution in [-0.2, 0) is 16.9 Å². The highest BCUT2D eigenvalue weighted by atomic mass is 32.2. The Hall–Kier alpha value is -3.86. The van der Waals surface area contributed by atoms with Crippen LogP contribution in [0.2, 0.25) is 0 Å². The van der Waals surface area contributed by atoms with Crippen LogP contribution in [0.3, 0.4) is 0 Å². The van der Waals surface area contributed by atoms with Gasteiger partial charge in [-0.1, -0.05) is 31.0 Å². The summed E-state index contributed by atoms with van der Waals surface area (Å²) >= 11 is -1.46. The second-order valence-corrected chi connectivity index (χ2v) is 14.0. The van der Waals surface area contributed by atoms with Crippen molar-refractivity contribution in [2.75, 3.05) is 5.32 Å². The van der Waals surface area contributed by atoms with E-state index in [9.17, 15) is 9.35 Å². The zero-order valence-electron chi connectivity index (χ0n) is 24.9. The number of aliphatic imine (C=N–C) groups is 1. The minimum Gasteiger partial charge on any atom is -0.598 e. The maximum atomic E-state index is 15.4. The van der Waals surface area contributed by atoms with Gasteiger partial charge < -0.3 is 9.87 Å². The number of anilines is 1. The number of carbonyl (C=O) groups is 1. The van der Waals surface area contributed by atoms with Crippen LogP contribution in [0.25, 0.3) is 5.69 Å². The van der Waals surface area contributed by atoms with E-state index in [1.54, 1.807) is 55.7 Å². The molecule has 0 saturated heterocycles. The Bertz CT molecular complexity index is 1620. The van der Waals surface area contributed by atoms with E-state index in [0.717, 1.165) is 24.8 Å². The highest BCUT2D eigenvalue weighted by molar-refractivity contribution is 7.90. The zero-order chi connectivity index (χ0) is 30.8. The Morgan fingerprint density at radius 2 is 1.93 bits per heavy atom. The predicted molar refractivity (Wildman–Crippen MR) is 170 cm³/mol. The summed E-state index contributed by atoms with van der Waals surface area (Å²) in [6, 6.07) is 17.3. The Morgan fingerprint density at radius 1 is 1.14 bits per heavy atom. The molecule has 1 aliphatic carbocycles. The molecule has 0 bridgehead atoms. The van der Waals surface area contributed by atoms with Crippen molar-refractivity contribution in [3.63, 3.8) is 0 Å². The average Bonchev–Trinajstić information content (AvgIpc) is 3.74. The molecule has 4 aromatic rings. The quantitative estimate of drug-likeness (QED) is 0.146. The number of aromatic nitrogens is 3. The molecule has 1 saturated carbocycles. The van der Waals surface area contributed by atoms with Crippen molar-refractivity contribution < 1.29 is 13.7 Å². The second-order valence-electron chi connectivity index (χ2n) is 12.0. The molecule has 5 rings (SSSR count). The standard InChI is InChI=1S/C33H37FN6O2S/c1-22-18-30(40(38-22)27-10-6-9-26(20-27)35-5)31(41)37-29-19-24(13-14-28(29)34)33(16-15-23-11-12-23,25-8-7-17-36-21-25)39-43(42)32(2,3)4/h6-10,13-14,17-21,23,39H,5,11-12,15-16H2,1-4H3,(H,37,41)/t33?,43-/m1/s1. The fourth-order valence-electron chi connectivity index (χ4n) is 5.03. The maximum absolute atomic E-state index is 15.4. The Kier molecular flexibility index (Phi) is 8.82. The van der Waals surface area contributed by atoms with Crippen LogP contribution in [0.5, 0.6) is 0 Å². The Balaban J connectivity index is 1.55. The number of hydrogen-bond donors (Lipinski definition) is 2. The summed E-state index contributed by atoms with van der Waals surface area (Å²) in [7, 11) is 0. The van der Waals surface area contributed by atoms with Gasteiger partial charge in [-0.2, -0.15) is 5.10 Å². The molecule has 8 nitrogen and oxygen atoms in total. The third-order valence-corrected chi connectivity index (χ3v) is 9.28. The van der Waals surface area contributed by atoms with Gasteiger partial charge in [-0.05, 0) is 107 Å². The van der Waals surface area contributed by atoms with Gasteiger partial charge in [-0.25, -0.2) is 9.07 Å². The normalized spacial score (nSPS) is 15.5. The molecule has 1 amide bonds. The van der Waals surface area contributed by atoms with Gasteiger partial charge in [0.15, 0.2) is 0 Å². The molecule has 0 spiro atoms. The summed E-state index contributed by atoms with van der Waals surface area (Å²) in [5.41, 5.74) is 2.71. The van der Waals surface area contributed by atoms with Crippen LogP contribution in [-0.4, -0.2) is 36.7 Å². The molecule has 1 unspecified atom stereocenters. The highest BCUT2D eigenvalue weighted by Crippen LogP contribution is 2.43. The summed E-state index contributed by atoms with van der Waals surface area (Å²) in [5.74, 6) is -0.513. The number of pyridine rings is 1. The number of carbonyl (C=O) groups excluding carboxylic acids is 1. The molecule has 2 aromatic heterocycles. The molecule has 2 aromatic carbocycles. The summed E-state index contributed by atoms with van der Waals surface area (Å²) < 4.78 is 33.4. The van der Waals surface area contributed by atoms with E-state index in [2.05, 4.69) is 31.8 Å². The van der Waals surface area contributed by atoms with Crippen LogP contribution in [0, 0.1) is 18.7 Å². The van der Waals surface area contributed by atoms with E-state index < -0.39 is 33.4 Å². The van der Waals surface area contributed by atoms with Gasteiger partial charge in [0, 0.05) is 23.8 Å². The van der Waals surface area contributed by atoms with E-state index in [4.69, 9.17) is 0 Å².